The van der Waals surface area contributed by atoms with Crippen LogP contribution < -0.4 is 5.73 Å². The normalized spacial score (nSPS) is 11.4. The second-order valence-electron chi connectivity index (χ2n) is 4.85. The van der Waals surface area contributed by atoms with E-state index < -0.39 is 0 Å². The Balaban J connectivity index is 2.25. The van der Waals surface area contributed by atoms with E-state index in [2.05, 4.69) is 17.6 Å². The molecule has 0 unspecified atom stereocenters. The molecule has 3 rings (SSSR count). The average Bonchev–Trinajstić information content (AvgIpc) is 2.99. The summed E-state index contributed by atoms with van der Waals surface area (Å²) in [4.78, 5) is 4.76. The van der Waals surface area contributed by atoms with Gasteiger partial charge in [0.1, 0.15) is 10.2 Å². The third-order valence-corrected chi connectivity index (χ3v) is 4.88. The van der Waals surface area contributed by atoms with Crippen molar-refractivity contribution in [2.75, 3.05) is 0 Å². The largest absolute Gasteiger partial charge is 0.326 e. The van der Waals surface area contributed by atoms with E-state index in [1.807, 2.05) is 18.2 Å². The van der Waals surface area contributed by atoms with E-state index in [0.717, 1.165) is 41.0 Å². The summed E-state index contributed by atoms with van der Waals surface area (Å²) in [5, 5.41) is 0. The molecule has 2 aromatic heterocycles. The highest BCUT2D eigenvalue weighted by atomic mass is 35.5. The van der Waals surface area contributed by atoms with Crippen LogP contribution >= 0.6 is 34.5 Å². The van der Waals surface area contributed by atoms with E-state index in [0.29, 0.717) is 15.2 Å². The number of aromatic nitrogens is 2. The van der Waals surface area contributed by atoms with E-state index in [1.54, 1.807) is 0 Å². The molecule has 0 amide bonds. The molecule has 110 valence electrons. The van der Waals surface area contributed by atoms with E-state index in [1.165, 1.54) is 11.3 Å². The van der Waals surface area contributed by atoms with Gasteiger partial charge in [-0.05, 0) is 30.2 Å². The number of halogens is 2. The molecule has 0 spiro atoms. The van der Waals surface area contributed by atoms with Crippen molar-refractivity contribution < 1.29 is 0 Å². The number of hydrogen-bond donors (Lipinski definition) is 1. The maximum Gasteiger partial charge on any atom is 0.143 e. The third-order valence-electron chi connectivity index (χ3n) is 3.39. The van der Waals surface area contributed by atoms with Crippen molar-refractivity contribution in [3.05, 3.63) is 38.5 Å². The number of fused-ring (bicyclic) bond motifs is 1. The minimum atomic E-state index is 0.511. The predicted molar refractivity (Wildman–Crippen MR) is 91.2 cm³/mol. The molecule has 21 heavy (non-hydrogen) atoms. The SMILES string of the molecule is CCCn1c(-c2cc(Cl)sc2Cl)nc2cc(CN)ccc21. The van der Waals surface area contributed by atoms with Crippen LogP contribution in [0.5, 0.6) is 0 Å². The van der Waals surface area contributed by atoms with Gasteiger partial charge in [0.05, 0.1) is 15.4 Å². The molecule has 3 nitrogen and oxygen atoms in total. The van der Waals surface area contributed by atoms with Crippen LogP contribution in [0, 0.1) is 0 Å². The minimum Gasteiger partial charge on any atom is -0.326 e. The fourth-order valence-electron chi connectivity index (χ4n) is 2.45. The topological polar surface area (TPSA) is 43.8 Å². The van der Waals surface area contributed by atoms with Gasteiger partial charge in [-0.15, -0.1) is 11.3 Å². The van der Waals surface area contributed by atoms with Gasteiger partial charge in [-0.25, -0.2) is 4.98 Å². The van der Waals surface area contributed by atoms with Crippen LogP contribution in [-0.4, -0.2) is 9.55 Å². The fraction of sp³-hybridized carbons (Fsp3) is 0.267. The number of thiophene rings is 1. The van der Waals surface area contributed by atoms with Gasteiger partial charge in [-0.3, -0.25) is 0 Å². The van der Waals surface area contributed by atoms with Crippen molar-refractivity contribution in [1.82, 2.24) is 9.55 Å². The van der Waals surface area contributed by atoms with Crippen LogP contribution in [0.1, 0.15) is 18.9 Å². The highest BCUT2D eigenvalue weighted by Crippen LogP contribution is 2.39. The summed E-state index contributed by atoms with van der Waals surface area (Å²) in [7, 11) is 0. The van der Waals surface area contributed by atoms with Crippen molar-refractivity contribution in [3.8, 4) is 11.4 Å². The first-order valence-corrected chi connectivity index (χ1v) is 8.35. The molecular weight excluding hydrogens is 325 g/mol. The molecule has 3 aromatic rings. The Morgan fingerprint density at radius 2 is 2.10 bits per heavy atom. The number of rotatable bonds is 4. The van der Waals surface area contributed by atoms with Crippen LogP contribution in [0.15, 0.2) is 24.3 Å². The van der Waals surface area contributed by atoms with Gasteiger partial charge in [-0.2, -0.15) is 0 Å². The Morgan fingerprint density at radius 3 is 2.71 bits per heavy atom. The summed E-state index contributed by atoms with van der Waals surface area (Å²) >= 11 is 13.7. The molecule has 0 radical (unpaired) electrons. The maximum absolute atomic E-state index is 6.30. The number of hydrogen-bond acceptors (Lipinski definition) is 3. The first-order valence-electron chi connectivity index (χ1n) is 6.78. The first kappa shape index (κ1) is 14.9. The van der Waals surface area contributed by atoms with Crippen LogP contribution in [0.3, 0.4) is 0 Å². The predicted octanol–water partition coefficient (Wildman–Crippen LogP) is 4.94. The Morgan fingerprint density at radius 1 is 1.29 bits per heavy atom. The molecule has 1 aromatic carbocycles. The number of imidazole rings is 1. The summed E-state index contributed by atoms with van der Waals surface area (Å²) in [5.74, 6) is 0.870. The lowest BCUT2D eigenvalue weighted by atomic mass is 10.2. The molecule has 0 aliphatic rings. The average molecular weight is 340 g/mol. The fourth-order valence-corrected chi connectivity index (χ4v) is 3.91. The molecule has 0 bridgehead atoms. The monoisotopic (exact) mass is 339 g/mol. The quantitative estimate of drug-likeness (QED) is 0.731. The Bertz CT molecular complexity index is 792. The summed E-state index contributed by atoms with van der Waals surface area (Å²) < 4.78 is 3.54. The number of benzene rings is 1. The first-order chi connectivity index (χ1) is 10.1. The molecule has 0 aliphatic carbocycles. The lowest BCUT2D eigenvalue weighted by Gasteiger charge is -2.07. The highest BCUT2D eigenvalue weighted by molar-refractivity contribution is 7.20. The highest BCUT2D eigenvalue weighted by Gasteiger charge is 2.17. The Labute approximate surface area is 137 Å². The van der Waals surface area contributed by atoms with Crippen molar-refractivity contribution in [1.29, 1.82) is 0 Å². The van der Waals surface area contributed by atoms with Crippen LogP contribution in [0.25, 0.3) is 22.4 Å². The molecule has 6 heteroatoms. The van der Waals surface area contributed by atoms with E-state index in [4.69, 9.17) is 33.9 Å². The smallest absolute Gasteiger partial charge is 0.143 e. The zero-order valence-electron chi connectivity index (χ0n) is 11.6. The molecule has 0 fully saturated rings. The van der Waals surface area contributed by atoms with E-state index in [-0.39, 0.29) is 0 Å². The standard InChI is InChI=1S/C15H15Cl2N3S/c1-2-5-20-12-4-3-9(8-18)6-11(12)19-15(20)10-7-13(16)21-14(10)17/h3-4,6-7H,2,5,8,18H2,1H3. The van der Waals surface area contributed by atoms with Gasteiger partial charge < -0.3 is 10.3 Å². The van der Waals surface area contributed by atoms with Crippen molar-refractivity contribution >= 4 is 45.6 Å². The lowest BCUT2D eigenvalue weighted by molar-refractivity contribution is 0.704. The zero-order valence-corrected chi connectivity index (χ0v) is 13.9. The van der Waals surface area contributed by atoms with Crippen molar-refractivity contribution in [3.63, 3.8) is 0 Å². The van der Waals surface area contributed by atoms with Gasteiger partial charge in [0, 0.05) is 18.7 Å². The number of aryl methyl sites for hydroxylation is 1. The summed E-state index contributed by atoms with van der Waals surface area (Å²) in [6, 6.07) is 8.03. The van der Waals surface area contributed by atoms with Gasteiger partial charge >= 0.3 is 0 Å². The molecule has 0 atom stereocenters. The second kappa shape index (κ2) is 5.97. The van der Waals surface area contributed by atoms with Crippen LogP contribution in [0.2, 0.25) is 8.67 Å². The molecule has 0 saturated carbocycles. The minimum absolute atomic E-state index is 0.511. The molecule has 0 saturated heterocycles. The molecule has 2 N–H and O–H groups in total. The summed E-state index contributed by atoms with van der Waals surface area (Å²) in [5.41, 5.74) is 9.72. The molecule has 2 heterocycles. The lowest BCUT2D eigenvalue weighted by Crippen LogP contribution is -2.00. The second-order valence-corrected chi connectivity index (χ2v) is 7.14. The maximum atomic E-state index is 6.30. The van der Waals surface area contributed by atoms with Gasteiger partial charge in [0.15, 0.2) is 0 Å². The van der Waals surface area contributed by atoms with E-state index >= 15 is 0 Å². The van der Waals surface area contributed by atoms with Crippen LogP contribution in [0.4, 0.5) is 0 Å². The Kier molecular flexibility index (Phi) is 4.22. The van der Waals surface area contributed by atoms with E-state index in [9.17, 15) is 0 Å². The van der Waals surface area contributed by atoms with Gasteiger partial charge in [0.25, 0.3) is 0 Å². The van der Waals surface area contributed by atoms with Gasteiger partial charge in [-0.1, -0.05) is 36.2 Å². The zero-order chi connectivity index (χ0) is 15.0. The van der Waals surface area contributed by atoms with Gasteiger partial charge in [0.2, 0.25) is 0 Å². The Hall–Kier alpha value is -1.07. The van der Waals surface area contributed by atoms with Crippen LogP contribution in [-0.2, 0) is 13.1 Å². The number of nitrogens with two attached hydrogens (primary N) is 1. The van der Waals surface area contributed by atoms with Crippen molar-refractivity contribution in [2.24, 2.45) is 5.73 Å². The molecular formula is C15H15Cl2N3S. The summed E-state index contributed by atoms with van der Waals surface area (Å²) in [6.45, 7) is 3.54. The van der Waals surface area contributed by atoms with Crippen molar-refractivity contribution in [2.45, 2.75) is 26.4 Å². The third kappa shape index (κ3) is 2.69. The number of nitrogens with zero attached hydrogens (tertiary/aromatic N) is 2. The summed E-state index contributed by atoms with van der Waals surface area (Å²) in [6.07, 6.45) is 1.02. The molecule has 0 aliphatic heterocycles.